The number of esters is 1. The van der Waals surface area contributed by atoms with Crippen LogP contribution in [-0.4, -0.2) is 29.8 Å². The summed E-state index contributed by atoms with van der Waals surface area (Å²) in [6.07, 6.45) is -4.74. The van der Waals surface area contributed by atoms with E-state index in [0.29, 0.717) is 11.1 Å². The first-order valence-electron chi connectivity index (χ1n) is 8.18. The molecule has 0 N–H and O–H groups in total. The second-order valence-electron chi connectivity index (χ2n) is 6.29. The van der Waals surface area contributed by atoms with Crippen molar-refractivity contribution in [3.05, 3.63) is 69.2 Å². The summed E-state index contributed by atoms with van der Waals surface area (Å²) in [6, 6.07) is 9.90. The van der Waals surface area contributed by atoms with Crippen molar-refractivity contribution in [3.8, 4) is 0 Å². The minimum Gasteiger partial charge on any atom is -0.465 e. The number of ether oxygens (including phenoxy) is 1. The quantitative estimate of drug-likeness (QED) is 0.378. The molecule has 3 rings (SSSR count). The highest BCUT2D eigenvalue weighted by atomic mass is 79.9. The molecule has 0 aromatic heterocycles. The minimum absolute atomic E-state index is 0.0475. The zero-order valence-corrected chi connectivity index (χ0v) is 17.9. The maximum atomic E-state index is 14.1. The third-order valence-corrected chi connectivity index (χ3v) is 6.04. The predicted molar refractivity (Wildman–Crippen MR) is 107 cm³/mol. The summed E-state index contributed by atoms with van der Waals surface area (Å²) < 4.78 is 47.1. The number of halogens is 6. The Morgan fingerprint density at radius 1 is 1.21 bits per heavy atom. The Morgan fingerprint density at radius 2 is 1.79 bits per heavy atom. The number of methoxy groups -OCH3 is 1. The number of alkyl halides is 4. The smallest absolute Gasteiger partial charge is 0.436 e. The van der Waals surface area contributed by atoms with Crippen LogP contribution in [0.2, 0.25) is 10.0 Å². The number of hydrogen-bond donors (Lipinski definition) is 0. The number of oxime groups is 1. The normalized spacial score (nSPS) is 21.5. The summed E-state index contributed by atoms with van der Waals surface area (Å²) in [5.41, 5.74) is -1.93. The van der Waals surface area contributed by atoms with Crippen molar-refractivity contribution in [2.75, 3.05) is 7.11 Å². The van der Waals surface area contributed by atoms with Crippen LogP contribution in [0.3, 0.4) is 0 Å². The Morgan fingerprint density at radius 3 is 2.31 bits per heavy atom. The summed E-state index contributed by atoms with van der Waals surface area (Å²) in [5.74, 6) is -0.509. The first kappa shape index (κ1) is 21.9. The van der Waals surface area contributed by atoms with Crippen LogP contribution in [0.1, 0.15) is 21.5 Å². The molecule has 1 aliphatic rings. The van der Waals surface area contributed by atoms with Crippen LogP contribution in [-0.2, 0) is 21.6 Å². The molecule has 0 saturated heterocycles. The molecule has 0 saturated carbocycles. The molecule has 0 spiro atoms. The van der Waals surface area contributed by atoms with Crippen molar-refractivity contribution < 1.29 is 27.5 Å². The van der Waals surface area contributed by atoms with E-state index >= 15 is 0 Å². The third kappa shape index (κ3) is 4.11. The average molecular weight is 511 g/mol. The van der Waals surface area contributed by atoms with Crippen LogP contribution in [0.4, 0.5) is 13.2 Å². The lowest BCUT2D eigenvalue weighted by Gasteiger charge is -2.33. The lowest BCUT2D eigenvalue weighted by molar-refractivity contribution is -0.273. The van der Waals surface area contributed by atoms with Gasteiger partial charge in [-0.15, -0.1) is 0 Å². The van der Waals surface area contributed by atoms with Crippen molar-refractivity contribution >= 4 is 50.8 Å². The third-order valence-electron chi connectivity index (χ3n) is 4.43. The molecule has 0 bridgehead atoms. The van der Waals surface area contributed by atoms with E-state index in [-0.39, 0.29) is 27.7 Å². The molecule has 10 heteroatoms. The van der Waals surface area contributed by atoms with Gasteiger partial charge in [-0.1, -0.05) is 56.4 Å². The van der Waals surface area contributed by atoms with Crippen LogP contribution in [0.5, 0.6) is 0 Å². The maximum Gasteiger partial charge on any atom is 0.436 e. The predicted octanol–water partition coefficient (Wildman–Crippen LogP) is 5.93. The Labute approximate surface area is 182 Å². The Balaban J connectivity index is 1.92. The minimum atomic E-state index is -4.81. The van der Waals surface area contributed by atoms with E-state index in [0.717, 1.165) is 12.1 Å². The Kier molecular flexibility index (Phi) is 6.17. The van der Waals surface area contributed by atoms with Crippen molar-refractivity contribution in [1.29, 1.82) is 0 Å². The fourth-order valence-electron chi connectivity index (χ4n) is 2.99. The summed E-state index contributed by atoms with van der Waals surface area (Å²) in [7, 11) is 1.26. The van der Waals surface area contributed by atoms with Gasteiger partial charge in [-0.25, -0.2) is 4.79 Å². The van der Waals surface area contributed by atoms with Gasteiger partial charge in [0.15, 0.2) is 0 Å². The van der Waals surface area contributed by atoms with E-state index in [1.54, 1.807) is 12.1 Å². The van der Waals surface area contributed by atoms with Gasteiger partial charge in [0, 0.05) is 22.0 Å². The van der Waals surface area contributed by atoms with Crippen LogP contribution < -0.4 is 0 Å². The van der Waals surface area contributed by atoms with Crippen molar-refractivity contribution in [2.24, 2.45) is 5.16 Å². The Bertz CT molecular complexity index is 946. The number of benzene rings is 2. The molecular formula is C19H13BrCl2F3NO3. The van der Waals surface area contributed by atoms with Crippen molar-refractivity contribution in [3.63, 3.8) is 0 Å². The average Bonchev–Trinajstić information content (AvgIpc) is 2.98. The van der Waals surface area contributed by atoms with E-state index in [9.17, 15) is 18.0 Å². The number of carbonyl (C=O) groups excluding carboxylic acids is 1. The highest BCUT2D eigenvalue weighted by Gasteiger charge is 2.67. The SMILES string of the molecule is COC(=O)c1ccc(CC2=NOC(c3cc(Cl)cc(Cl)c3)(C(F)(F)F)C2Br)cc1. The van der Waals surface area contributed by atoms with Gasteiger partial charge in [-0.3, -0.25) is 0 Å². The van der Waals surface area contributed by atoms with Gasteiger partial charge in [0.1, 0.15) is 4.83 Å². The molecule has 0 radical (unpaired) electrons. The lowest BCUT2D eigenvalue weighted by atomic mass is 9.86. The first-order chi connectivity index (χ1) is 13.6. The largest absolute Gasteiger partial charge is 0.465 e. The molecule has 29 heavy (non-hydrogen) atoms. The van der Waals surface area contributed by atoms with Crippen molar-refractivity contribution in [2.45, 2.75) is 23.0 Å². The highest BCUT2D eigenvalue weighted by Crippen LogP contribution is 2.52. The van der Waals surface area contributed by atoms with Crippen LogP contribution >= 0.6 is 39.1 Å². The number of rotatable bonds is 4. The molecule has 1 heterocycles. The molecule has 1 aliphatic heterocycles. The number of hydrogen-bond acceptors (Lipinski definition) is 4. The van der Waals surface area contributed by atoms with Gasteiger partial charge in [0.25, 0.3) is 5.60 Å². The zero-order chi connectivity index (χ0) is 21.4. The van der Waals surface area contributed by atoms with Gasteiger partial charge in [0.2, 0.25) is 0 Å². The Hall–Kier alpha value is -1.77. The molecule has 0 amide bonds. The monoisotopic (exact) mass is 509 g/mol. The molecule has 2 atom stereocenters. The summed E-state index contributed by atoms with van der Waals surface area (Å²) in [4.78, 5) is 15.2. The van der Waals surface area contributed by atoms with Gasteiger partial charge < -0.3 is 9.57 Å². The molecule has 2 aromatic rings. The van der Waals surface area contributed by atoms with Crippen molar-refractivity contribution in [1.82, 2.24) is 0 Å². The van der Waals surface area contributed by atoms with Gasteiger partial charge in [-0.2, -0.15) is 13.2 Å². The molecule has 154 valence electrons. The van der Waals surface area contributed by atoms with Crippen LogP contribution in [0.15, 0.2) is 47.6 Å². The fourth-order valence-corrected chi connectivity index (χ4v) is 4.37. The summed E-state index contributed by atoms with van der Waals surface area (Å²) >= 11 is 14.9. The topological polar surface area (TPSA) is 47.9 Å². The highest BCUT2D eigenvalue weighted by molar-refractivity contribution is 9.10. The van der Waals surface area contributed by atoms with E-state index in [1.165, 1.54) is 25.3 Å². The van der Waals surface area contributed by atoms with Crippen LogP contribution in [0, 0.1) is 0 Å². The van der Waals surface area contributed by atoms with E-state index in [2.05, 4.69) is 25.8 Å². The lowest BCUT2D eigenvalue weighted by Crippen LogP contribution is -2.50. The molecule has 2 unspecified atom stereocenters. The second kappa shape index (κ2) is 8.16. The second-order valence-corrected chi connectivity index (χ2v) is 8.08. The summed E-state index contributed by atoms with van der Waals surface area (Å²) in [5, 5.41) is 3.81. The van der Waals surface area contributed by atoms with Gasteiger partial charge in [0.05, 0.1) is 18.4 Å². The number of nitrogens with zero attached hydrogens (tertiary/aromatic N) is 1. The standard InChI is InChI=1S/C19H13BrCl2F3NO3/c1-28-17(27)11-4-2-10(3-5-11)6-15-16(20)18(29-26-15,19(23,24)25)12-7-13(21)9-14(22)8-12/h2-5,7-9,16H,6H2,1H3. The summed E-state index contributed by atoms with van der Waals surface area (Å²) in [6.45, 7) is 0. The van der Waals surface area contributed by atoms with Crippen LogP contribution in [0.25, 0.3) is 0 Å². The molecular weight excluding hydrogens is 498 g/mol. The van der Waals surface area contributed by atoms with Gasteiger partial charge in [-0.05, 0) is 35.9 Å². The molecule has 0 fully saturated rings. The molecule has 0 aliphatic carbocycles. The van der Waals surface area contributed by atoms with E-state index < -0.39 is 22.6 Å². The maximum absolute atomic E-state index is 14.1. The molecule has 2 aromatic carbocycles. The molecule has 4 nitrogen and oxygen atoms in total. The number of carbonyl (C=O) groups is 1. The van der Waals surface area contributed by atoms with Gasteiger partial charge >= 0.3 is 12.1 Å². The van der Waals surface area contributed by atoms with E-state index in [1.807, 2.05) is 0 Å². The zero-order valence-electron chi connectivity index (χ0n) is 14.8. The van der Waals surface area contributed by atoms with E-state index in [4.69, 9.17) is 28.0 Å². The first-order valence-corrected chi connectivity index (χ1v) is 9.85. The fraction of sp³-hybridized carbons (Fsp3) is 0.263.